The predicted molar refractivity (Wildman–Crippen MR) is 181 cm³/mol. The molecule has 3 atom stereocenters. The molecule has 11 nitrogen and oxygen atoms in total. The molecule has 256 valence electrons. The molecular weight excluding hydrogens is 598 g/mol. The summed E-state index contributed by atoms with van der Waals surface area (Å²) >= 11 is 0. The third-order valence-electron chi connectivity index (χ3n) is 8.85. The second kappa shape index (κ2) is 16.6. The summed E-state index contributed by atoms with van der Waals surface area (Å²) in [5, 5.41) is 8.63. The lowest BCUT2D eigenvalue weighted by atomic mass is 9.83. The molecule has 4 amide bonds. The fourth-order valence-corrected chi connectivity index (χ4v) is 6.10. The SMILES string of the molecule is CC(c1ccc(NC(=O)C(NC(=O)OCc2ccccc2)C2CCCCC2)cc1)C(NC(=O)OC(C)(C)C)C(=O)N1CCN(C)CC1. The van der Waals surface area contributed by atoms with Crippen molar-refractivity contribution >= 4 is 29.7 Å². The molecule has 1 aliphatic carbocycles. The van der Waals surface area contributed by atoms with Gasteiger partial charge in [-0.3, -0.25) is 9.59 Å². The summed E-state index contributed by atoms with van der Waals surface area (Å²) in [6, 6.07) is 15.1. The van der Waals surface area contributed by atoms with Gasteiger partial charge in [0.2, 0.25) is 11.8 Å². The monoisotopic (exact) mass is 649 g/mol. The Bertz CT molecular complexity index is 1330. The zero-order chi connectivity index (χ0) is 34.0. The lowest BCUT2D eigenvalue weighted by Crippen LogP contribution is -2.56. The van der Waals surface area contributed by atoms with E-state index in [0.29, 0.717) is 18.8 Å². The number of hydrogen-bond acceptors (Lipinski definition) is 7. The Kier molecular flexibility index (Phi) is 12.6. The van der Waals surface area contributed by atoms with Crippen molar-refractivity contribution in [3.63, 3.8) is 0 Å². The maximum atomic E-state index is 13.7. The van der Waals surface area contributed by atoms with Gasteiger partial charge in [0.1, 0.15) is 24.3 Å². The van der Waals surface area contributed by atoms with Gasteiger partial charge in [0.15, 0.2) is 0 Å². The van der Waals surface area contributed by atoms with Crippen molar-refractivity contribution in [3.05, 3.63) is 65.7 Å². The standard InChI is InChI=1S/C36H51N5O6/c1-25(30(38-35(45)47-36(2,3)4)33(43)41-22-20-40(5)21-23-41)27-16-18-29(19-17-27)37-32(42)31(28-14-10-7-11-15-28)39-34(44)46-24-26-12-8-6-9-13-26/h6,8-9,12-13,16-19,25,28,30-31H,7,10-11,14-15,20-24H2,1-5H3,(H,37,42)(H,38,45)(H,39,44). The second-order valence-electron chi connectivity index (χ2n) is 13.7. The van der Waals surface area contributed by atoms with Gasteiger partial charge < -0.3 is 35.2 Å². The number of piperazine rings is 1. The molecule has 11 heteroatoms. The summed E-state index contributed by atoms with van der Waals surface area (Å²) < 4.78 is 10.9. The Morgan fingerprint density at radius 1 is 0.851 bits per heavy atom. The first-order valence-corrected chi connectivity index (χ1v) is 16.7. The van der Waals surface area contributed by atoms with Gasteiger partial charge in [0, 0.05) is 37.8 Å². The van der Waals surface area contributed by atoms with Crippen LogP contribution in [0.5, 0.6) is 0 Å². The number of alkyl carbamates (subject to hydrolysis) is 2. The van der Waals surface area contributed by atoms with Crippen molar-refractivity contribution in [2.45, 2.75) is 90.0 Å². The minimum Gasteiger partial charge on any atom is -0.445 e. The first kappa shape index (κ1) is 35.7. The lowest BCUT2D eigenvalue weighted by Gasteiger charge is -2.36. The molecule has 0 aromatic heterocycles. The topological polar surface area (TPSA) is 129 Å². The highest BCUT2D eigenvalue weighted by Gasteiger charge is 2.35. The molecule has 0 radical (unpaired) electrons. The number of hydrogen-bond donors (Lipinski definition) is 3. The average Bonchev–Trinajstić information content (AvgIpc) is 3.05. The average molecular weight is 650 g/mol. The Morgan fingerprint density at radius 3 is 2.11 bits per heavy atom. The van der Waals surface area contributed by atoms with E-state index in [1.807, 2.05) is 56.4 Å². The van der Waals surface area contributed by atoms with Crippen molar-refractivity contribution in [1.82, 2.24) is 20.4 Å². The largest absolute Gasteiger partial charge is 0.445 e. The van der Waals surface area contributed by atoms with E-state index in [-0.39, 0.29) is 30.3 Å². The maximum Gasteiger partial charge on any atom is 0.408 e. The van der Waals surface area contributed by atoms with Crippen LogP contribution in [0, 0.1) is 5.92 Å². The lowest BCUT2D eigenvalue weighted by molar-refractivity contribution is -0.135. The van der Waals surface area contributed by atoms with Crippen LogP contribution in [-0.4, -0.2) is 84.7 Å². The van der Waals surface area contributed by atoms with Crippen LogP contribution >= 0.6 is 0 Å². The van der Waals surface area contributed by atoms with Gasteiger partial charge in [-0.15, -0.1) is 0 Å². The van der Waals surface area contributed by atoms with Crippen LogP contribution in [0.25, 0.3) is 0 Å². The van der Waals surface area contributed by atoms with Gasteiger partial charge in [-0.1, -0.05) is 68.7 Å². The molecule has 1 aliphatic heterocycles. The quantitative estimate of drug-likeness (QED) is 0.320. The molecule has 1 saturated heterocycles. The van der Waals surface area contributed by atoms with Gasteiger partial charge in [0.25, 0.3) is 0 Å². The van der Waals surface area contributed by atoms with Crippen LogP contribution in [0.4, 0.5) is 15.3 Å². The number of benzene rings is 2. The normalized spacial score (nSPS) is 17.9. The van der Waals surface area contributed by atoms with E-state index < -0.39 is 29.9 Å². The van der Waals surface area contributed by atoms with Crippen LogP contribution in [0.3, 0.4) is 0 Å². The molecule has 2 aliphatic rings. The highest BCUT2D eigenvalue weighted by atomic mass is 16.6. The van der Waals surface area contributed by atoms with E-state index in [1.165, 1.54) is 0 Å². The van der Waals surface area contributed by atoms with Gasteiger partial charge in [0.05, 0.1) is 0 Å². The third-order valence-corrected chi connectivity index (χ3v) is 8.85. The highest BCUT2D eigenvalue weighted by Crippen LogP contribution is 2.28. The number of nitrogens with one attached hydrogen (secondary N) is 3. The number of nitrogens with zero attached hydrogens (tertiary/aromatic N) is 2. The van der Waals surface area contributed by atoms with Crippen LogP contribution in [0.1, 0.15) is 76.8 Å². The van der Waals surface area contributed by atoms with Crippen LogP contribution in [0.15, 0.2) is 54.6 Å². The summed E-state index contributed by atoms with van der Waals surface area (Å²) in [7, 11) is 2.02. The highest BCUT2D eigenvalue weighted by molar-refractivity contribution is 5.97. The van der Waals surface area contributed by atoms with Crippen molar-refractivity contribution in [2.24, 2.45) is 5.92 Å². The first-order chi connectivity index (χ1) is 22.4. The number of carbonyl (C=O) groups excluding carboxylic acids is 4. The molecule has 2 aromatic rings. The third kappa shape index (κ3) is 11.0. The van der Waals surface area contributed by atoms with Gasteiger partial charge >= 0.3 is 12.2 Å². The number of carbonyl (C=O) groups is 4. The molecule has 3 N–H and O–H groups in total. The zero-order valence-corrected chi connectivity index (χ0v) is 28.4. The van der Waals surface area contributed by atoms with E-state index in [1.54, 1.807) is 37.8 Å². The Balaban J connectivity index is 1.44. The van der Waals surface area contributed by atoms with Crippen LogP contribution < -0.4 is 16.0 Å². The maximum absolute atomic E-state index is 13.7. The smallest absolute Gasteiger partial charge is 0.408 e. The van der Waals surface area contributed by atoms with Crippen molar-refractivity contribution < 1.29 is 28.7 Å². The first-order valence-electron chi connectivity index (χ1n) is 16.7. The summed E-state index contributed by atoms with van der Waals surface area (Å²) in [6.45, 7) is 10.0. The number of rotatable bonds is 10. The number of ether oxygens (including phenoxy) is 2. The van der Waals surface area contributed by atoms with Crippen molar-refractivity contribution in [2.75, 3.05) is 38.5 Å². The van der Waals surface area contributed by atoms with Gasteiger partial charge in [-0.05, 0) is 69.8 Å². The van der Waals surface area contributed by atoms with Gasteiger partial charge in [-0.25, -0.2) is 9.59 Å². The minimum atomic E-state index is -0.838. The summed E-state index contributed by atoms with van der Waals surface area (Å²) in [4.78, 5) is 56.8. The van der Waals surface area contributed by atoms with E-state index in [0.717, 1.165) is 56.3 Å². The molecule has 0 bridgehead atoms. The molecule has 1 heterocycles. The molecule has 2 fully saturated rings. The predicted octanol–water partition coefficient (Wildman–Crippen LogP) is 5.27. The Morgan fingerprint density at radius 2 is 1.49 bits per heavy atom. The molecule has 0 spiro atoms. The molecule has 3 unspecified atom stereocenters. The Labute approximate surface area is 278 Å². The van der Waals surface area contributed by atoms with Crippen LogP contribution in [0.2, 0.25) is 0 Å². The second-order valence-corrected chi connectivity index (χ2v) is 13.7. The molecule has 1 saturated carbocycles. The van der Waals surface area contributed by atoms with E-state index in [2.05, 4.69) is 20.9 Å². The number of amides is 4. The van der Waals surface area contributed by atoms with Crippen molar-refractivity contribution in [1.29, 1.82) is 0 Å². The van der Waals surface area contributed by atoms with E-state index >= 15 is 0 Å². The molecule has 4 rings (SSSR count). The fourth-order valence-electron chi connectivity index (χ4n) is 6.10. The van der Waals surface area contributed by atoms with E-state index in [4.69, 9.17) is 9.47 Å². The Hall–Kier alpha value is -4.12. The minimum absolute atomic E-state index is 0.00703. The zero-order valence-electron chi connectivity index (χ0n) is 28.4. The van der Waals surface area contributed by atoms with E-state index in [9.17, 15) is 19.2 Å². The summed E-state index contributed by atoms with van der Waals surface area (Å²) in [5.41, 5.74) is 1.54. The molecule has 47 heavy (non-hydrogen) atoms. The number of anilines is 1. The molecular formula is C36H51N5O6. The van der Waals surface area contributed by atoms with Crippen molar-refractivity contribution in [3.8, 4) is 0 Å². The molecule has 2 aromatic carbocycles. The van der Waals surface area contributed by atoms with Gasteiger partial charge in [-0.2, -0.15) is 0 Å². The summed E-state index contributed by atoms with van der Waals surface area (Å²) in [6.07, 6.45) is 3.55. The van der Waals surface area contributed by atoms with Crippen LogP contribution in [-0.2, 0) is 25.7 Å². The number of likely N-dealkylation sites (N-methyl/N-ethyl adjacent to an activating group) is 1. The fraction of sp³-hybridized carbons (Fsp3) is 0.556. The summed E-state index contributed by atoms with van der Waals surface area (Å²) in [5.74, 6) is -0.832.